The smallest absolute Gasteiger partial charge is 0.230 e. The monoisotopic (exact) mass is 353 g/mol. The van der Waals surface area contributed by atoms with Gasteiger partial charge in [-0.15, -0.1) is 0 Å². The van der Waals surface area contributed by atoms with E-state index in [1.165, 1.54) is 11.1 Å². The summed E-state index contributed by atoms with van der Waals surface area (Å²) in [6.07, 6.45) is 6.99. The van der Waals surface area contributed by atoms with Crippen LogP contribution in [0, 0.1) is 48.3 Å². The van der Waals surface area contributed by atoms with E-state index in [-0.39, 0.29) is 29.1 Å². The lowest BCUT2D eigenvalue weighted by atomic mass is 9.59. The lowest BCUT2D eigenvalue weighted by molar-refractivity contribution is -0.127. The summed E-state index contributed by atoms with van der Waals surface area (Å²) in [4.78, 5) is 24.8. The van der Waals surface area contributed by atoms with Gasteiger partial charge in [0.15, 0.2) is 0 Å². The average Bonchev–Trinajstić information content (AvgIpc) is 3.32. The summed E-state index contributed by atoms with van der Waals surface area (Å²) in [5, 5.41) is 3.39. The summed E-state index contributed by atoms with van der Waals surface area (Å²) in [7, 11) is 0. The minimum Gasteiger partial charge on any atom is -0.296 e. The van der Waals surface area contributed by atoms with Gasteiger partial charge in [-0.05, 0) is 72.6 Å². The maximum absolute atomic E-state index is 12.4. The molecule has 4 aliphatic carbocycles. The first-order valence-electron chi connectivity index (χ1n) is 9.32. The number of benzene rings is 1. The molecule has 5 aliphatic rings. The van der Waals surface area contributed by atoms with Gasteiger partial charge in [-0.2, -0.15) is 0 Å². The van der Waals surface area contributed by atoms with Gasteiger partial charge in [-0.25, -0.2) is 0 Å². The molecule has 4 fully saturated rings. The van der Waals surface area contributed by atoms with Gasteiger partial charge >= 0.3 is 0 Å². The second-order valence-electron chi connectivity index (χ2n) is 8.80. The first-order chi connectivity index (χ1) is 12.0. The van der Waals surface area contributed by atoms with Crippen molar-refractivity contribution in [1.29, 1.82) is 0 Å². The fraction of sp³-hybridized carbons (Fsp3) is 0.524. The van der Waals surface area contributed by atoms with Crippen LogP contribution in [-0.4, -0.2) is 11.8 Å². The van der Waals surface area contributed by atoms with Crippen LogP contribution in [0.3, 0.4) is 0 Å². The SMILES string of the molecule is Cc1cc(Cl)ccc1C12C=CC(C1)C1C3CC(C4C(=O)NC(=O)C34)C12. The topological polar surface area (TPSA) is 46.2 Å². The number of amides is 2. The molecule has 3 nitrogen and oxygen atoms in total. The molecule has 8 unspecified atom stereocenters. The van der Waals surface area contributed by atoms with E-state index in [0.717, 1.165) is 17.9 Å². The largest absolute Gasteiger partial charge is 0.296 e. The minimum absolute atomic E-state index is 0.00979. The Morgan fingerprint density at radius 3 is 2.68 bits per heavy atom. The molecule has 1 saturated heterocycles. The Labute approximate surface area is 151 Å². The Bertz CT molecular complexity index is 877. The quantitative estimate of drug-likeness (QED) is 0.478. The van der Waals surface area contributed by atoms with E-state index < -0.39 is 0 Å². The van der Waals surface area contributed by atoms with E-state index in [4.69, 9.17) is 11.6 Å². The second-order valence-corrected chi connectivity index (χ2v) is 9.23. The third-order valence-electron chi connectivity index (χ3n) is 8.07. The highest BCUT2D eigenvalue weighted by Crippen LogP contribution is 2.73. The summed E-state index contributed by atoms with van der Waals surface area (Å²) in [6, 6.07) is 6.24. The van der Waals surface area contributed by atoms with Crippen molar-refractivity contribution in [2.24, 2.45) is 41.4 Å². The van der Waals surface area contributed by atoms with Gasteiger partial charge in [0.25, 0.3) is 0 Å². The van der Waals surface area contributed by atoms with Crippen LogP contribution in [0.5, 0.6) is 0 Å². The Hall–Kier alpha value is -1.61. The van der Waals surface area contributed by atoms with E-state index in [1.807, 2.05) is 6.07 Å². The van der Waals surface area contributed by atoms with E-state index in [2.05, 4.69) is 36.5 Å². The van der Waals surface area contributed by atoms with Crippen LogP contribution in [0.25, 0.3) is 0 Å². The molecule has 1 aliphatic heterocycles. The number of carbonyl (C=O) groups is 2. The van der Waals surface area contributed by atoms with Crippen LogP contribution in [-0.2, 0) is 15.0 Å². The molecule has 25 heavy (non-hydrogen) atoms. The van der Waals surface area contributed by atoms with Crippen LogP contribution >= 0.6 is 11.6 Å². The molecular weight excluding hydrogens is 334 g/mol. The highest BCUT2D eigenvalue weighted by atomic mass is 35.5. The number of nitrogens with one attached hydrogen (secondary N) is 1. The van der Waals surface area contributed by atoms with Crippen molar-refractivity contribution < 1.29 is 9.59 Å². The van der Waals surface area contributed by atoms with E-state index in [0.29, 0.717) is 29.6 Å². The number of imide groups is 1. The lowest BCUT2D eigenvalue weighted by Crippen LogP contribution is -2.43. The number of halogens is 1. The first-order valence-corrected chi connectivity index (χ1v) is 9.70. The lowest BCUT2D eigenvalue weighted by Gasteiger charge is -2.43. The van der Waals surface area contributed by atoms with Crippen molar-refractivity contribution in [2.45, 2.75) is 25.2 Å². The zero-order valence-electron chi connectivity index (χ0n) is 14.0. The van der Waals surface area contributed by atoms with Crippen molar-refractivity contribution in [3.63, 3.8) is 0 Å². The predicted molar refractivity (Wildman–Crippen MR) is 93.8 cm³/mol. The van der Waals surface area contributed by atoms with Crippen molar-refractivity contribution in [1.82, 2.24) is 5.32 Å². The predicted octanol–water partition coefficient (Wildman–Crippen LogP) is 3.25. The van der Waals surface area contributed by atoms with Crippen LogP contribution in [0.2, 0.25) is 5.02 Å². The van der Waals surface area contributed by atoms with Gasteiger partial charge in [-0.3, -0.25) is 14.9 Å². The van der Waals surface area contributed by atoms with Crippen molar-refractivity contribution in [3.05, 3.63) is 46.5 Å². The van der Waals surface area contributed by atoms with Gasteiger partial charge in [0, 0.05) is 10.4 Å². The molecule has 2 amide bonds. The zero-order chi connectivity index (χ0) is 17.1. The normalized spacial score (nSPS) is 48.2. The standard InChI is InChI=1S/C21H20ClNO2/c1-9-6-11(22)2-3-14(9)21-5-4-10(8-21)15-12-7-13(18(15)21)17-16(12)19(24)23-20(17)25/h2-6,10,12-13,15-18H,7-8H2,1H3,(H,23,24,25). The van der Waals surface area contributed by atoms with E-state index >= 15 is 0 Å². The highest BCUT2D eigenvalue weighted by Gasteiger charge is 2.73. The van der Waals surface area contributed by atoms with Crippen LogP contribution < -0.4 is 5.32 Å². The van der Waals surface area contributed by atoms with Gasteiger partial charge in [0.1, 0.15) is 0 Å². The van der Waals surface area contributed by atoms with Crippen LogP contribution in [0.4, 0.5) is 0 Å². The number of allylic oxidation sites excluding steroid dienone is 2. The zero-order valence-corrected chi connectivity index (χ0v) is 14.8. The fourth-order valence-corrected chi connectivity index (χ4v) is 7.86. The Balaban J connectivity index is 1.50. The number of fused-ring (bicyclic) bond motifs is 12. The molecular formula is C21H20ClNO2. The molecule has 3 saturated carbocycles. The summed E-state index contributed by atoms with van der Waals surface area (Å²) < 4.78 is 0. The molecule has 1 heterocycles. The minimum atomic E-state index is -0.0871. The first kappa shape index (κ1) is 14.5. The summed E-state index contributed by atoms with van der Waals surface area (Å²) in [5.74, 6) is 2.16. The molecule has 4 heteroatoms. The van der Waals surface area contributed by atoms with Gasteiger partial charge in [0.05, 0.1) is 11.8 Å². The van der Waals surface area contributed by atoms with Gasteiger partial charge < -0.3 is 0 Å². The molecule has 1 aromatic rings. The van der Waals surface area contributed by atoms with Gasteiger partial charge in [0.2, 0.25) is 11.8 Å². The van der Waals surface area contributed by atoms with Crippen molar-refractivity contribution in [3.8, 4) is 0 Å². The van der Waals surface area contributed by atoms with Crippen LogP contribution in [0.1, 0.15) is 24.0 Å². The molecule has 1 aromatic carbocycles. The van der Waals surface area contributed by atoms with Crippen molar-refractivity contribution >= 4 is 23.4 Å². The van der Waals surface area contributed by atoms with E-state index in [9.17, 15) is 9.59 Å². The Kier molecular flexibility index (Phi) is 2.55. The molecule has 4 bridgehead atoms. The average molecular weight is 354 g/mol. The maximum atomic E-state index is 12.4. The van der Waals surface area contributed by atoms with Gasteiger partial charge in [-0.1, -0.05) is 29.8 Å². The highest BCUT2D eigenvalue weighted by molar-refractivity contribution is 6.30. The second kappa shape index (κ2) is 4.37. The number of aryl methyl sites for hydroxylation is 1. The Morgan fingerprint density at radius 2 is 1.92 bits per heavy atom. The molecule has 1 N–H and O–H groups in total. The van der Waals surface area contributed by atoms with Crippen LogP contribution in [0.15, 0.2) is 30.4 Å². The number of rotatable bonds is 1. The van der Waals surface area contributed by atoms with Crippen molar-refractivity contribution in [2.75, 3.05) is 0 Å². The molecule has 8 atom stereocenters. The number of hydrogen-bond acceptors (Lipinski definition) is 2. The maximum Gasteiger partial charge on any atom is 0.230 e. The molecule has 128 valence electrons. The molecule has 0 radical (unpaired) electrons. The fourth-order valence-electron chi connectivity index (χ4n) is 7.63. The molecule has 6 rings (SSSR count). The number of hydrogen-bond donors (Lipinski definition) is 1. The van der Waals surface area contributed by atoms with E-state index in [1.54, 1.807) is 0 Å². The summed E-state index contributed by atoms with van der Waals surface area (Å²) in [6.45, 7) is 2.15. The Morgan fingerprint density at radius 1 is 1.16 bits per heavy atom. The number of carbonyl (C=O) groups excluding carboxylic acids is 2. The molecule has 0 spiro atoms. The summed E-state index contributed by atoms with van der Waals surface area (Å²) in [5.41, 5.74) is 2.64. The molecule has 0 aromatic heterocycles. The third kappa shape index (κ3) is 1.51. The third-order valence-corrected chi connectivity index (χ3v) is 8.30. The summed E-state index contributed by atoms with van der Waals surface area (Å²) >= 11 is 6.20.